The van der Waals surface area contributed by atoms with Gasteiger partial charge in [0, 0.05) is 0 Å². The first-order chi connectivity index (χ1) is 5.64. The molecule has 0 amide bonds. The molecule has 1 aromatic heterocycles. The van der Waals surface area contributed by atoms with E-state index in [1.165, 1.54) is 0 Å². The summed E-state index contributed by atoms with van der Waals surface area (Å²) in [6.07, 6.45) is 0.880. The van der Waals surface area contributed by atoms with Crippen molar-refractivity contribution in [2.75, 3.05) is 0 Å². The summed E-state index contributed by atoms with van der Waals surface area (Å²) in [7, 11) is 0. The summed E-state index contributed by atoms with van der Waals surface area (Å²) in [5.74, 6) is 6.11. The van der Waals surface area contributed by atoms with Crippen LogP contribution in [0.2, 0.25) is 0 Å². The van der Waals surface area contributed by atoms with E-state index in [0.717, 1.165) is 11.3 Å². The van der Waals surface area contributed by atoms with Gasteiger partial charge in [-0.15, -0.1) is 11.3 Å². The molecule has 0 aliphatic heterocycles. The lowest BCUT2D eigenvalue weighted by molar-refractivity contribution is 0.586. The lowest BCUT2D eigenvalue weighted by Crippen LogP contribution is -2.32. The number of hydrogen-bond donors (Lipinski definition) is 1. The third kappa shape index (κ3) is 2.69. The van der Waals surface area contributed by atoms with E-state index < -0.39 is 0 Å². The van der Waals surface area contributed by atoms with Crippen LogP contribution in [0.5, 0.6) is 0 Å². The fourth-order valence-corrected chi connectivity index (χ4v) is 1.21. The van der Waals surface area contributed by atoms with Gasteiger partial charge in [-0.05, 0) is 24.8 Å². The fourth-order valence-electron chi connectivity index (χ4n) is 0.642. The largest absolute Gasteiger partial charge is 0.315 e. The summed E-state index contributed by atoms with van der Waals surface area (Å²) in [6, 6.07) is 4.00. The SMILES string of the molecule is CCC(C)(N)C#Cc1cccs1. The van der Waals surface area contributed by atoms with Crippen LogP contribution in [-0.4, -0.2) is 5.54 Å². The molecule has 0 saturated carbocycles. The molecule has 0 radical (unpaired) electrons. The predicted octanol–water partition coefficient (Wildman–Crippen LogP) is 2.23. The van der Waals surface area contributed by atoms with Gasteiger partial charge in [0.15, 0.2) is 0 Å². The topological polar surface area (TPSA) is 26.0 Å². The molecule has 2 heteroatoms. The summed E-state index contributed by atoms with van der Waals surface area (Å²) < 4.78 is 0. The van der Waals surface area contributed by atoms with Gasteiger partial charge in [0.25, 0.3) is 0 Å². The molecule has 1 nitrogen and oxygen atoms in total. The maximum atomic E-state index is 5.86. The fraction of sp³-hybridized carbons (Fsp3) is 0.400. The van der Waals surface area contributed by atoms with E-state index >= 15 is 0 Å². The van der Waals surface area contributed by atoms with Crippen molar-refractivity contribution in [2.45, 2.75) is 25.8 Å². The van der Waals surface area contributed by atoms with Crippen LogP contribution in [-0.2, 0) is 0 Å². The van der Waals surface area contributed by atoms with Crippen LogP contribution in [0.1, 0.15) is 25.1 Å². The van der Waals surface area contributed by atoms with Crippen molar-refractivity contribution in [1.29, 1.82) is 0 Å². The smallest absolute Gasteiger partial charge is 0.0769 e. The highest BCUT2D eigenvalue weighted by atomic mass is 32.1. The molecule has 1 rings (SSSR count). The normalized spacial score (nSPS) is 14.6. The summed E-state index contributed by atoms with van der Waals surface area (Å²) in [4.78, 5) is 1.08. The molecular weight excluding hydrogens is 166 g/mol. The van der Waals surface area contributed by atoms with E-state index in [9.17, 15) is 0 Å². The number of rotatable bonds is 1. The minimum Gasteiger partial charge on any atom is -0.315 e. The minimum atomic E-state index is -0.343. The summed E-state index contributed by atoms with van der Waals surface area (Å²) >= 11 is 1.64. The molecule has 0 aliphatic rings. The molecule has 0 spiro atoms. The van der Waals surface area contributed by atoms with Gasteiger partial charge in [0.05, 0.1) is 10.4 Å². The Hall–Kier alpha value is -0.780. The van der Waals surface area contributed by atoms with Crippen molar-refractivity contribution in [1.82, 2.24) is 0 Å². The molecular formula is C10H13NS. The van der Waals surface area contributed by atoms with E-state index in [0.29, 0.717) is 0 Å². The van der Waals surface area contributed by atoms with E-state index in [1.54, 1.807) is 11.3 Å². The average Bonchev–Trinajstić information content (AvgIpc) is 2.53. The van der Waals surface area contributed by atoms with Crippen LogP contribution in [0.3, 0.4) is 0 Å². The zero-order valence-corrected chi connectivity index (χ0v) is 8.24. The van der Waals surface area contributed by atoms with Gasteiger partial charge in [-0.2, -0.15) is 0 Å². The maximum Gasteiger partial charge on any atom is 0.0769 e. The van der Waals surface area contributed by atoms with Crippen LogP contribution in [0.15, 0.2) is 17.5 Å². The Morgan fingerprint density at radius 2 is 2.42 bits per heavy atom. The molecule has 2 N–H and O–H groups in total. The molecule has 1 heterocycles. The highest BCUT2D eigenvalue weighted by Gasteiger charge is 2.09. The van der Waals surface area contributed by atoms with Crippen molar-refractivity contribution >= 4 is 11.3 Å². The molecule has 1 atom stereocenters. The second-order valence-electron chi connectivity index (χ2n) is 3.00. The Balaban J connectivity index is 2.72. The van der Waals surface area contributed by atoms with Gasteiger partial charge in [0.2, 0.25) is 0 Å². The summed E-state index contributed by atoms with van der Waals surface area (Å²) in [5.41, 5.74) is 5.52. The van der Waals surface area contributed by atoms with Gasteiger partial charge in [-0.1, -0.05) is 24.8 Å². The van der Waals surface area contributed by atoms with Crippen LogP contribution in [0, 0.1) is 11.8 Å². The Kier molecular flexibility index (Phi) is 2.91. The quantitative estimate of drug-likeness (QED) is 0.657. The second kappa shape index (κ2) is 3.75. The molecule has 0 fully saturated rings. The number of thiophene rings is 1. The average molecular weight is 179 g/mol. The molecule has 0 aromatic carbocycles. The minimum absolute atomic E-state index is 0.343. The van der Waals surface area contributed by atoms with E-state index in [2.05, 4.69) is 11.8 Å². The van der Waals surface area contributed by atoms with Gasteiger partial charge in [-0.25, -0.2) is 0 Å². The zero-order valence-electron chi connectivity index (χ0n) is 7.42. The van der Waals surface area contributed by atoms with Crippen molar-refractivity contribution in [2.24, 2.45) is 5.73 Å². The summed E-state index contributed by atoms with van der Waals surface area (Å²) in [5, 5.41) is 2.02. The Bertz CT molecular complexity index is 287. The Morgan fingerprint density at radius 1 is 1.67 bits per heavy atom. The van der Waals surface area contributed by atoms with Gasteiger partial charge in [0.1, 0.15) is 0 Å². The second-order valence-corrected chi connectivity index (χ2v) is 3.95. The highest BCUT2D eigenvalue weighted by Crippen LogP contribution is 2.08. The molecule has 0 aliphatic carbocycles. The standard InChI is InChI=1S/C10H13NS/c1-3-10(2,11)7-6-9-5-4-8-12-9/h4-5,8H,3,11H2,1-2H3. The number of hydrogen-bond acceptors (Lipinski definition) is 2. The van der Waals surface area contributed by atoms with Crippen molar-refractivity contribution < 1.29 is 0 Å². The van der Waals surface area contributed by atoms with Gasteiger partial charge >= 0.3 is 0 Å². The lowest BCUT2D eigenvalue weighted by atomic mass is 10.0. The predicted molar refractivity (Wildman–Crippen MR) is 54.1 cm³/mol. The first-order valence-electron chi connectivity index (χ1n) is 3.99. The molecule has 1 aromatic rings. The lowest BCUT2D eigenvalue weighted by Gasteiger charge is -2.13. The molecule has 0 bridgehead atoms. The molecule has 0 saturated heterocycles. The van der Waals surface area contributed by atoms with Crippen LogP contribution >= 0.6 is 11.3 Å². The van der Waals surface area contributed by atoms with E-state index in [-0.39, 0.29) is 5.54 Å². The molecule has 1 unspecified atom stereocenters. The van der Waals surface area contributed by atoms with Crippen LogP contribution in [0.25, 0.3) is 0 Å². The first kappa shape index (κ1) is 9.31. The van der Waals surface area contributed by atoms with Gasteiger partial charge < -0.3 is 5.73 Å². The summed E-state index contributed by atoms with van der Waals surface area (Å²) in [6.45, 7) is 4.00. The maximum absolute atomic E-state index is 5.86. The van der Waals surface area contributed by atoms with Gasteiger partial charge in [-0.3, -0.25) is 0 Å². The van der Waals surface area contributed by atoms with Crippen LogP contribution in [0.4, 0.5) is 0 Å². The highest BCUT2D eigenvalue weighted by molar-refractivity contribution is 7.10. The third-order valence-electron chi connectivity index (χ3n) is 1.73. The first-order valence-corrected chi connectivity index (χ1v) is 4.87. The molecule has 12 heavy (non-hydrogen) atoms. The van der Waals surface area contributed by atoms with E-state index in [1.807, 2.05) is 31.4 Å². The zero-order chi connectivity index (χ0) is 9.03. The van der Waals surface area contributed by atoms with Crippen molar-refractivity contribution in [3.8, 4) is 11.8 Å². The van der Waals surface area contributed by atoms with Crippen molar-refractivity contribution in [3.63, 3.8) is 0 Å². The Labute approximate surface area is 77.6 Å². The third-order valence-corrected chi connectivity index (χ3v) is 2.51. The van der Waals surface area contributed by atoms with E-state index in [4.69, 9.17) is 5.73 Å². The Morgan fingerprint density at radius 3 is 2.92 bits per heavy atom. The number of nitrogens with two attached hydrogens (primary N) is 1. The monoisotopic (exact) mass is 179 g/mol. The van der Waals surface area contributed by atoms with Crippen LogP contribution < -0.4 is 5.73 Å². The van der Waals surface area contributed by atoms with Crippen molar-refractivity contribution in [3.05, 3.63) is 22.4 Å². The molecule has 64 valence electrons.